The molecule has 2 aromatic heterocycles. The number of ketones is 1. The summed E-state index contributed by atoms with van der Waals surface area (Å²) < 4.78 is 11.0. The quantitative estimate of drug-likeness (QED) is 0.110. The zero-order chi connectivity index (χ0) is 26.7. The van der Waals surface area contributed by atoms with Crippen LogP contribution in [0.15, 0.2) is 75.8 Å². The van der Waals surface area contributed by atoms with Gasteiger partial charge in [0.2, 0.25) is 0 Å². The minimum Gasteiger partial charge on any atom is -0.512 e. The number of aromatic nitrogens is 1. The Balaban J connectivity index is 0.000000299. The SMILES string of the molecule is CC(C)(C)C(=O)C=C(O)C(C)(C)C.COc1ccnc(-c2[c-]cc3oc4ccccc4c(=O)c3c2)c1.[Pt]. The smallest absolute Gasteiger partial charge is 0.182 e. The van der Waals surface area contributed by atoms with Crippen LogP contribution in [-0.4, -0.2) is 23.0 Å². The third kappa shape index (κ3) is 7.39. The van der Waals surface area contributed by atoms with Crippen molar-refractivity contribution in [3.05, 3.63) is 82.9 Å². The van der Waals surface area contributed by atoms with Gasteiger partial charge in [-0.05, 0) is 35.3 Å². The third-order valence-electron chi connectivity index (χ3n) is 5.53. The van der Waals surface area contributed by atoms with E-state index < -0.39 is 5.41 Å². The summed E-state index contributed by atoms with van der Waals surface area (Å²) in [4.78, 5) is 28.5. The van der Waals surface area contributed by atoms with Crippen LogP contribution in [0.2, 0.25) is 0 Å². The molecule has 0 aliphatic heterocycles. The van der Waals surface area contributed by atoms with Gasteiger partial charge in [0.05, 0.1) is 18.1 Å². The van der Waals surface area contributed by atoms with Gasteiger partial charge >= 0.3 is 0 Å². The normalized spacial score (nSPS) is 11.9. The van der Waals surface area contributed by atoms with Crippen molar-refractivity contribution in [2.75, 3.05) is 7.11 Å². The molecule has 0 bridgehead atoms. The number of hydrogen-bond acceptors (Lipinski definition) is 6. The van der Waals surface area contributed by atoms with Crippen LogP contribution in [0, 0.1) is 16.9 Å². The Morgan fingerprint density at radius 2 is 1.68 bits per heavy atom. The molecule has 0 spiro atoms. The van der Waals surface area contributed by atoms with Crippen molar-refractivity contribution in [1.29, 1.82) is 0 Å². The maximum absolute atomic E-state index is 12.7. The van der Waals surface area contributed by atoms with Crippen LogP contribution >= 0.6 is 0 Å². The number of aliphatic hydroxyl groups excluding tert-OH is 1. The Morgan fingerprint density at radius 1 is 1.00 bits per heavy atom. The summed E-state index contributed by atoms with van der Waals surface area (Å²) in [5, 5.41) is 10.6. The Bertz CT molecular complexity index is 1490. The van der Waals surface area contributed by atoms with Crippen molar-refractivity contribution in [3.63, 3.8) is 0 Å². The monoisotopic (exact) mass is 681 g/mol. The molecule has 0 aliphatic rings. The van der Waals surface area contributed by atoms with E-state index in [0.29, 0.717) is 33.4 Å². The molecule has 0 saturated carbocycles. The minimum absolute atomic E-state index is 0. The van der Waals surface area contributed by atoms with E-state index in [0.717, 1.165) is 5.56 Å². The largest absolute Gasteiger partial charge is 0.512 e. The van der Waals surface area contributed by atoms with Crippen LogP contribution in [-0.2, 0) is 25.9 Å². The molecular formula is C30H32NO5Pt-. The van der Waals surface area contributed by atoms with Crippen molar-refractivity contribution >= 4 is 27.7 Å². The predicted octanol–water partition coefficient (Wildman–Crippen LogP) is 6.90. The first-order chi connectivity index (χ1) is 16.8. The fourth-order valence-corrected chi connectivity index (χ4v) is 3.14. The van der Waals surface area contributed by atoms with Gasteiger partial charge in [-0.15, -0.1) is 23.8 Å². The number of benzene rings is 2. The molecule has 4 rings (SSSR count). The molecule has 7 heteroatoms. The Morgan fingerprint density at radius 3 is 2.30 bits per heavy atom. The van der Waals surface area contributed by atoms with Crippen LogP contribution in [0.3, 0.4) is 0 Å². The fourth-order valence-electron chi connectivity index (χ4n) is 3.14. The van der Waals surface area contributed by atoms with Crippen LogP contribution < -0.4 is 10.2 Å². The van der Waals surface area contributed by atoms with E-state index in [-0.39, 0.29) is 43.5 Å². The molecule has 0 saturated heterocycles. The number of nitrogens with zero attached hydrogens (tertiary/aromatic N) is 1. The summed E-state index contributed by atoms with van der Waals surface area (Å²) in [5.74, 6) is 0.807. The van der Waals surface area contributed by atoms with Crippen molar-refractivity contribution < 1.29 is 40.1 Å². The molecule has 0 aliphatic carbocycles. The molecule has 0 amide bonds. The molecule has 0 radical (unpaired) electrons. The van der Waals surface area contributed by atoms with E-state index in [1.54, 1.807) is 49.7 Å². The standard InChI is InChI=1S/C19H12NO3.C11H20O2.Pt/c1-22-13-8-9-20-16(11-13)12-6-7-18-15(10-12)19(21)14-4-2-3-5-17(14)23-18;1-10(2,3)8(12)7-9(13)11(4,5)6;/h2-5,7-11H,1H3;7,12H,1-6H3;/q-1;;. The number of carbonyl (C=O) groups excluding carboxylic acids is 1. The van der Waals surface area contributed by atoms with E-state index in [1.807, 2.05) is 53.7 Å². The zero-order valence-electron chi connectivity index (χ0n) is 22.1. The average molecular weight is 682 g/mol. The fraction of sp³-hybridized carbons (Fsp3) is 0.300. The number of pyridine rings is 1. The second-order valence-electron chi connectivity index (χ2n) is 10.5. The van der Waals surface area contributed by atoms with Crippen molar-refractivity contribution in [3.8, 4) is 17.0 Å². The van der Waals surface area contributed by atoms with Gasteiger partial charge < -0.3 is 19.2 Å². The van der Waals surface area contributed by atoms with Gasteiger partial charge in [0, 0.05) is 44.2 Å². The summed E-state index contributed by atoms with van der Waals surface area (Å²) in [6, 6.07) is 17.4. The third-order valence-corrected chi connectivity index (χ3v) is 5.53. The summed E-state index contributed by atoms with van der Waals surface area (Å²) in [5.41, 5.74) is 1.68. The maximum atomic E-state index is 12.7. The number of para-hydroxylation sites is 1. The Hall–Kier alpha value is -3.24. The number of fused-ring (bicyclic) bond motifs is 2. The summed E-state index contributed by atoms with van der Waals surface area (Å²) in [7, 11) is 1.60. The zero-order valence-corrected chi connectivity index (χ0v) is 24.4. The van der Waals surface area contributed by atoms with Gasteiger partial charge in [-0.2, -0.15) is 0 Å². The molecule has 0 unspecified atom stereocenters. The molecular weight excluding hydrogens is 649 g/mol. The van der Waals surface area contributed by atoms with E-state index in [2.05, 4.69) is 11.1 Å². The van der Waals surface area contributed by atoms with E-state index in [9.17, 15) is 14.7 Å². The topological polar surface area (TPSA) is 89.6 Å². The van der Waals surface area contributed by atoms with E-state index in [1.165, 1.54) is 6.08 Å². The first-order valence-corrected chi connectivity index (χ1v) is 11.6. The summed E-state index contributed by atoms with van der Waals surface area (Å²) in [6.07, 6.45) is 3.00. The molecule has 6 nitrogen and oxygen atoms in total. The van der Waals surface area contributed by atoms with Gasteiger partial charge in [-0.3, -0.25) is 9.59 Å². The van der Waals surface area contributed by atoms with Gasteiger partial charge in [0.1, 0.15) is 17.1 Å². The molecule has 0 fully saturated rings. The number of allylic oxidation sites excluding steroid dienone is 2. The summed E-state index contributed by atoms with van der Waals surface area (Å²) in [6.45, 7) is 11.1. The first-order valence-electron chi connectivity index (χ1n) is 11.6. The van der Waals surface area contributed by atoms with Gasteiger partial charge in [0.15, 0.2) is 11.2 Å². The molecule has 2 aromatic carbocycles. The second-order valence-corrected chi connectivity index (χ2v) is 10.5. The molecule has 4 aromatic rings. The van der Waals surface area contributed by atoms with Crippen LogP contribution in [0.5, 0.6) is 5.75 Å². The van der Waals surface area contributed by atoms with Crippen molar-refractivity contribution in [2.24, 2.45) is 10.8 Å². The molecule has 37 heavy (non-hydrogen) atoms. The van der Waals surface area contributed by atoms with Gasteiger partial charge in [-0.1, -0.05) is 53.7 Å². The van der Waals surface area contributed by atoms with Gasteiger partial charge in [0.25, 0.3) is 0 Å². The summed E-state index contributed by atoms with van der Waals surface area (Å²) >= 11 is 0. The Labute approximate surface area is 231 Å². The maximum Gasteiger partial charge on any atom is 0.182 e. The van der Waals surface area contributed by atoms with Crippen LogP contribution in [0.4, 0.5) is 0 Å². The van der Waals surface area contributed by atoms with Crippen molar-refractivity contribution in [1.82, 2.24) is 4.98 Å². The van der Waals surface area contributed by atoms with E-state index in [4.69, 9.17) is 9.15 Å². The average Bonchev–Trinajstić information content (AvgIpc) is 2.83. The van der Waals surface area contributed by atoms with Crippen LogP contribution in [0.1, 0.15) is 41.5 Å². The number of ether oxygens (including phenoxy) is 1. The number of rotatable bonds is 3. The van der Waals surface area contributed by atoms with Gasteiger partial charge in [-0.25, -0.2) is 0 Å². The predicted molar refractivity (Wildman–Crippen MR) is 143 cm³/mol. The molecule has 0 atom stereocenters. The molecule has 2 heterocycles. The minimum atomic E-state index is -0.417. The molecule has 198 valence electrons. The Kier molecular flexibility index (Phi) is 9.62. The van der Waals surface area contributed by atoms with E-state index >= 15 is 0 Å². The second kappa shape index (κ2) is 11.9. The first kappa shape index (κ1) is 30.0. The number of hydrogen-bond donors (Lipinski definition) is 1. The molecule has 1 N–H and O–H groups in total. The number of aliphatic hydroxyl groups is 1. The van der Waals surface area contributed by atoms with Crippen molar-refractivity contribution in [2.45, 2.75) is 41.5 Å². The van der Waals surface area contributed by atoms with Crippen LogP contribution in [0.25, 0.3) is 33.2 Å². The number of methoxy groups -OCH3 is 1. The number of carbonyl (C=O) groups is 1.